The fourth-order valence-electron chi connectivity index (χ4n) is 2.63. The lowest BCUT2D eigenvalue weighted by molar-refractivity contribution is 0.318. The van der Waals surface area contributed by atoms with Gasteiger partial charge in [0.05, 0.1) is 12.3 Å². The van der Waals surface area contributed by atoms with E-state index in [4.69, 9.17) is 10.5 Å². The number of aromatic nitrogens is 1. The standard InChI is InChI=1S/C20H16FN3O2/c1-2-26-19-9-13(5-8-18(19)25)15-10-17(24-20(23)16(15)11-22)12-3-6-14(21)7-4-12/h3-10,25H,2H2,1H3,(H2,23,24). The van der Waals surface area contributed by atoms with Gasteiger partial charge in [0, 0.05) is 11.1 Å². The van der Waals surface area contributed by atoms with Crippen LogP contribution in [0.2, 0.25) is 0 Å². The largest absolute Gasteiger partial charge is 0.504 e. The molecule has 1 aromatic heterocycles. The number of nitrogens with zero attached hydrogens (tertiary/aromatic N) is 2. The Hall–Kier alpha value is -3.59. The molecule has 0 spiro atoms. The molecule has 0 saturated heterocycles. The number of hydrogen-bond acceptors (Lipinski definition) is 5. The second-order valence-corrected chi connectivity index (χ2v) is 5.55. The zero-order valence-electron chi connectivity index (χ0n) is 14.0. The summed E-state index contributed by atoms with van der Waals surface area (Å²) in [6.45, 7) is 2.20. The second kappa shape index (κ2) is 7.11. The van der Waals surface area contributed by atoms with Gasteiger partial charge in [-0.3, -0.25) is 0 Å². The molecule has 5 nitrogen and oxygen atoms in total. The van der Waals surface area contributed by atoms with Gasteiger partial charge in [0.2, 0.25) is 0 Å². The van der Waals surface area contributed by atoms with Crippen LogP contribution >= 0.6 is 0 Å². The van der Waals surface area contributed by atoms with Crippen molar-refractivity contribution in [3.05, 3.63) is 59.9 Å². The number of hydrogen-bond donors (Lipinski definition) is 2. The van der Waals surface area contributed by atoms with Crippen LogP contribution in [0, 0.1) is 17.1 Å². The van der Waals surface area contributed by atoms with Gasteiger partial charge in [0.15, 0.2) is 11.5 Å². The van der Waals surface area contributed by atoms with Crippen molar-refractivity contribution in [2.24, 2.45) is 0 Å². The summed E-state index contributed by atoms with van der Waals surface area (Å²) >= 11 is 0. The highest BCUT2D eigenvalue weighted by Crippen LogP contribution is 2.36. The molecule has 0 aliphatic rings. The number of rotatable bonds is 4. The number of phenolic OH excluding ortho intramolecular Hbond substituents is 1. The molecule has 26 heavy (non-hydrogen) atoms. The van der Waals surface area contributed by atoms with Crippen molar-refractivity contribution in [2.75, 3.05) is 12.3 Å². The van der Waals surface area contributed by atoms with Gasteiger partial charge < -0.3 is 15.6 Å². The monoisotopic (exact) mass is 349 g/mol. The molecule has 130 valence electrons. The van der Waals surface area contributed by atoms with Crippen LogP contribution in [0.15, 0.2) is 48.5 Å². The lowest BCUT2D eigenvalue weighted by Crippen LogP contribution is -2.00. The quantitative estimate of drug-likeness (QED) is 0.739. The van der Waals surface area contributed by atoms with E-state index < -0.39 is 0 Å². The molecular formula is C20H16FN3O2. The van der Waals surface area contributed by atoms with E-state index in [0.29, 0.717) is 34.7 Å². The summed E-state index contributed by atoms with van der Waals surface area (Å²) in [6.07, 6.45) is 0. The number of halogens is 1. The summed E-state index contributed by atoms with van der Waals surface area (Å²) in [5.41, 5.74) is 8.60. The van der Waals surface area contributed by atoms with E-state index in [1.165, 1.54) is 18.2 Å². The molecule has 0 aliphatic heterocycles. The van der Waals surface area contributed by atoms with Crippen LogP contribution < -0.4 is 10.5 Å². The summed E-state index contributed by atoms with van der Waals surface area (Å²) in [5.74, 6) is 0.0494. The minimum atomic E-state index is -0.351. The van der Waals surface area contributed by atoms with E-state index in [1.807, 2.05) is 6.92 Å². The van der Waals surface area contributed by atoms with Crippen LogP contribution in [0.25, 0.3) is 22.4 Å². The van der Waals surface area contributed by atoms with Gasteiger partial charge in [-0.25, -0.2) is 9.37 Å². The molecule has 3 aromatic rings. The predicted molar refractivity (Wildman–Crippen MR) is 97.0 cm³/mol. The summed E-state index contributed by atoms with van der Waals surface area (Å²) in [7, 11) is 0. The van der Waals surface area contributed by atoms with Gasteiger partial charge in [-0.05, 0) is 55.0 Å². The highest BCUT2D eigenvalue weighted by atomic mass is 19.1. The molecule has 0 unspecified atom stereocenters. The topological polar surface area (TPSA) is 92.2 Å². The van der Waals surface area contributed by atoms with E-state index >= 15 is 0 Å². The van der Waals surface area contributed by atoms with Crippen molar-refractivity contribution in [3.8, 4) is 40.0 Å². The fourth-order valence-corrected chi connectivity index (χ4v) is 2.63. The normalized spacial score (nSPS) is 10.3. The fraction of sp³-hybridized carbons (Fsp3) is 0.100. The van der Waals surface area contributed by atoms with Gasteiger partial charge in [0.25, 0.3) is 0 Å². The third-order valence-corrected chi connectivity index (χ3v) is 3.87. The number of nitriles is 1. The Bertz CT molecular complexity index is 995. The van der Waals surface area contributed by atoms with Gasteiger partial charge in [0.1, 0.15) is 23.3 Å². The third-order valence-electron chi connectivity index (χ3n) is 3.87. The molecule has 0 bridgehead atoms. The minimum Gasteiger partial charge on any atom is -0.504 e. The van der Waals surface area contributed by atoms with Crippen LogP contribution in [0.3, 0.4) is 0 Å². The van der Waals surface area contributed by atoms with E-state index in [9.17, 15) is 14.8 Å². The number of pyridine rings is 1. The number of benzene rings is 2. The molecule has 0 atom stereocenters. The molecule has 6 heteroatoms. The smallest absolute Gasteiger partial charge is 0.161 e. The lowest BCUT2D eigenvalue weighted by atomic mass is 9.98. The molecule has 0 aliphatic carbocycles. The zero-order valence-corrected chi connectivity index (χ0v) is 14.0. The number of phenols is 1. The molecule has 0 fully saturated rings. The van der Waals surface area contributed by atoms with Crippen LogP contribution in [-0.4, -0.2) is 16.7 Å². The Morgan fingerprint density at radius 1 is 1.15 bits per heavy atom. The Morgan fingerprint density at radius 2 is 1.85 bits per heavy atom. The molecule has 0 amide bonds. The van der Waals surface area contributed by atoms with Crippen LogP contribution in [0.1, 0.15) is 12.5 Å². The summed E-state index contributed by atoms with van der Waals surface area (Å²) in [6, 6.07) is 14.4. The van der Waals surface area contributed by atoms with Crippen LogP contribution in [-0.2, 0) is 0 Å². The Balaban J connectivity index is 2.18. The van der Waals surface area contributed by atoms with E-state index in [1.54, 1.807) is 30.3 Å². The van der Waals surface area contributed by atoms with Crippen LogP contribution in [0.5, 0.6) is 11.5 Å². The second-order valence-electron chi connectivity index (χ2n) is 5.55. The summed E-state index contributed by atoms with van der Waals surface area (Å²) in [5, 5.41) is 19.4. The van der Waals surface area contributed by atoms with Gasteiger partial charge in [-0.1, -0.05) is 6.07 Å². The van der Waals surface area contributed by atoms with Crippen molar-refractivity contribution in [1.29, 1.82) is 5.26 Å². The minimum absolute atomic E-state index is 0.00916. The first-order valence-electron chi connectivity index (χ1n) is 7.96. The highest BCUT2D eigenvalue weighted by molar-refractivity contribution is 5.81. The first-order valence-corrected chi connectivity index (χ1v) is 7.96. The maximum Gasteiger partial charge on any atom is 0.161 e. The van der Waals surface area contributed by atoms with Crippen molar-refractivity contribution in [1.82, 2.24) is 4.98 Å². The van der Waals surface area contributed by atoms with Crippen molar-refractivity contribution in [2.45, 2.75) is 6.92 Å². The zero-order chi connectivity index (χ0) is 18.7. The number of anilines is 1. The molecule has 0 saturated carbocycles. The molecule has 3 rings (SSSR count). The Labute approximate surface area is 150 Å². The molecule has 1 heterocycles. The van der Waals surface area contributed by atoms with Crippen molar-refractivity contribution >= 4 is 5.82 Å². The summed E-state index contributed by atoms with van der Waals surface area (Å²) in [4.78, 5) is 4.26. The Kier molecular flexibility index (Phi) is 4.72. The molecule has 0 radical (unpaired) electrons. The van der Waals surface area contributed by atoms with Gasteiger partial charge in [-0.15, -0.1) is 0 Å². The number of aromatic hydroxyl groups is 1. The highest BCUT2D eigenvalue weighted by Gasteiger charge is 2.15. The SMILES string of the molecule is CCOc1cc(-c2cc(-c3ccc(F)cc3)nc(N)c2C#N)ccc1O. The van der Waals surface area contributed by atoms with Crippen molar-refractivity contribution < 1.29 is 14.2 Å². The van der Waals surface area contributed by atoms with Crippen LogP contribution in [0.4, 0.5) is 10.2 Å². The first-order chi connectivity index (χ1) is 12.5. The number of nitrogens with two attached hydrogens (primary N) is 1. The number of ether oxygens (including phenoxy) is 1. The van der Waals surface area contributed by atoms with Gasteiger partial charge in [-0.2, -0.15) is 5.26 Å². The first kappa shape index (κ1) is 17.2. The van der Waals surface area contributed by atoms with E-state index in [2.05, 4.69) is 11.1 Å². The number of nitrogen functional groups attached to an aromatic ring is 1. The molecule has 3 N–H and O–H groups in total. The Morgan fingerprint density at radius 3 is 2.50 bits per heavy atom. The lowest BCUT2D eigenvalue weighted by Gasteiger charge is -2.12. The third kappa shape index (κ3) is 3.28. The van der Waals surface area contributed by atoms with E-state index in [0.717, 1.165) is 0 Å². The van der Waals surface area contributed by atoms with E-state index in [-0.39, 0.29) is 22.9 Å². The molecular weight excluding hydrogens is 333 g/mol. The van der Waals surface area contributed by atoms with Crippen molar-refractivity contribution in [3.63, 3.8) is 0 Å². The maximum atomic E-state index is 13.2. The average Bonchev–Trinajstić information content (AvgIpc) is 2.63. The summed E-state index contributed by atoms with van der Waals surface area (Å²) < 4.78 is 18.6. The maximum absolute atomic E-state index is 13.2. The average molecular weight is 349 g/mol. The predicted octanol–water partition coefficient (Wildman–Crippen LogP) is 4.11. The van der Waals surface area contributed by atoms with Gasteiger partial charge >= 0.3 is 0 Å². The molecule has 2 aromatic carbocycles.